The van der Waals surface area contributed by atoms with Crippen LogP contribution in [0.3, 0.4) is 0 Å². The maximum Gasteiger partial charge on any atom is 0.264 e. The predicted molar refractivity (Wildman–Crippen MR) is 140 cm³/mol. The first-order chi connectivity index (χ1) is 16.8. The van der Waals surface area contributed by atoms with Gasteiger partial charge in [0.25, 0.3) is 15.9 Å². The summed E-state index contributed by atoms with van der Waals surface area (Å²) in [6, 6.07) is 21.7. The SMILES string of the molecule is Cc1ccc(S(=O)(=O)N(C)c2cccc(C(=O)NCc3ccccc3CN3CCCCC3)c2)cc1. The van der Waals surface area contributed by atoms with Crippen molar-refractivity contribution in [3.05, 3.63) is 95.1 Å². The second-order valence-corrected chi connectivity index (χ2v) is 11.1. The van der Waals surface area contributed by atoms with E-state index in [1.54, 1.807) is 48.5 Å². The van der Waals surface area contributed by atoms with Crippen molar-refractivity contribution in [3.63, 3.8) is 0 Å². The molecule has 3 aromatic rings. The van der Waals surface area contributed by atoms with E-state index in [2.05, 4.69) is 22.3 Å². The number of likely N-dealkylation sites (tertiary alicyclic amines) is 1. The first-order valence-electron chi connectivity index (χ1n) is 12.1. The van der Waals surface area contributed by atoms with Gasteiger partial charge < -0.3 is 5.32 Å². The van der Waals surface area contributed by atoms with Crippen LogP contribution in [-0.2, 0) is 23.1 Å². The quantitative estimate of drug-likeness (QED) is 0.494. The lowest BCUT2D eigenvalue weighted by molar-refractivity contribution is 0.0950. The molecule has 184 valence electrons. The van der Waals surface area contributed by atoms with Crippen LogP contribution in [0.25, 0.3) is 0 Å². The summed E-state index contributed by atoms with van der Waals surface area (Å²) >= 11 is 0. The summed E-state index contributed by atoms with van der Waals surface area (Å²) in [5.74, 6) is -0.235. The first kappa shape index (κ1) is 24.9. The van der Waals surface area contributed by atoms with Crippen LogP contribution in [0.4, 0.5) is 5.69 Å². The summed E-state index contributed by atoms with van der Waals surface area (Å²) in [5, 5.41) is 3.01. The number of anilines is 1. The van der Waals surface area contributed by atoms with Gasteiger partial charge in [-0.25, -0.2) is 8.42 Å². The van der Waals surface area contributed by atoms with E-state index in [0.29, 0.717) is 17.8 Å². The Bertz CT molecular complexity index is 1270. The zero-order valence-corrected chi connectivity index (χ0v) is 21.2. The Morgan fingerprint density at radius 1 is 0.914 bits per heavy atom. The van der Waals surface area contributed by atoms with Crippen molar-refractivity contribution in [2.24, 2.45) is 0 Å². The summed E-state index contributed by atoms with van der Waals surface area (Å²) < 4.78 is 27.3. The van der Waals surface area contributed by atoms with Crippen molar-refractivity contribution in [3.8, 4) is 0 Å². The molecule has 0 atom stereocenters. The van der Waals surface area contributed by atoms with Crippen LogP contribution in [0.15, 0.2) is 77.7 Å². The van der Waals surface area contributed by atoms with E-state index < -0.39 is 10.0 Å². The fourth-order valence-corrected chi connectivity index (χ4v) is 5.56. The number of nitrogens with zero attached hydrogens (tertiary/aromatic N) is 2. The molecular formula is C28H33N3O3S. The van der Waals surface area contributed by atoms with Crippen LogP contribution in [0.2, 0.25) is 0 Å². The number of aryl methyl sites for hydroxylation is 1. The van der Waals surface area contributed by atoms with Gasteiger partial charge in [0.15, 0.2) is 0 Å². The van der Waals surface area contributed by atoms with E-state index in [-0.39, 0.29) is 10.8 Å². The van der Waals surface area contributed by atoms with Crippen molar-refractivity contribution in [1.82, 2.24) is 10.2 Å². The first-order valence-corrected chi connectivity index (χ1v) is 13.5. The highest BCUT2D eigenvalue weighted by atomic mass is 32.2. The van der Waals surface area contributed by atoms with E-state index in [0.717, 1.165) is 30.8 Å². The fourth-order valence-electron chi connectivity index (χ4n) is 4.37. The van der Waals surface area contributed by atoms with Gasteiger partial charge in [0.2, 0.25) is 0 Å². The molecule has 0 unspecified atom stereocenters. The van der Waals surface area contributed by atoms with Crippen molar-refractivity contribution in [2.75, 3.05) is 24.4 Å². The van der Waals surface area contributed by atoms with Gasteiger partial charge in [0.1, 0.15) is 0 Å². The second kappa shape index (κ2) is 11.1. The summed E-state index contributed by atoms with van der Waals surface area (Å²) in [6.07, 6.45) is 3.78. The Hall–Kier alpha value is -3.16. The molecule has 6 nitrogen and oxygen atoms in total. The van der Waals surface area contributed by atoms with E-state index >= 15 is 0 Å². The summed E-state index contributed by atoms with van der Waals surface area (Å²) in [5.41, 5.74) is 4.17. The minimum Gasteiger partial charge on any atom is -0.348 e. The number of amides is 1. The monoisotopic (exact) mass is 491 g/mol. The molecule has 0 aromatic heterocycles. The normalized spacial score (nSPS) is 14.5. The maximum absolute atomic E-state index is 13.1. The fraction of sp³-hybridized carbons (Fsp3) is 0.321. The van der Waals surface area contributed by atoms with Crippen LogP contribution >= 0.6 is 0 Å². The Kier molecular flexibility index (Phi) is 7.88. The van der Waals surface area contributed by atoms with Gasteiger partial charge in [0, 0.05) is 25.7 Å². The molecule has 35 heavy (non-hydrogen) atoms. The maximum atomic E-state index is 13.1. The van der Waals surface area contributed by atoms with Gasteiger partial charge >= 0.3 is 0 Å². The van der Waals surface area contributed by atoms with E-state index in [1.807, 2.05) is 19.1 Å². The number of carbonyl (C=O) groups is 1. The molecule has 1 N–H and O–H groups in total. The molecule has 7 heteroatoms. The molecule has 0 radical (unpaired) electrons. The minimum absolute atomic E-state index is 0.214. The summed E-state index contributed by atoms with van der Waals surface area (Å²) in [7, 11) is -2.23. The van der Waals surface area contributed by atoms with E-state index in [4.69, 9.17) is 0 Å². The molecule has 1 aliphatic rings. The van der Waals surface area contributed by atoms with Crippen LogP contribution in [-0.4, -0.2) is 39.4 Å². The third-order valence-corrected chi connectivity index (χ3v) is 8.35. The smallest absolute Gasteiger partial charge is 0.264 e. The summed E-state index contributed by atoms with van der Waals surface area (Å²) in [6.45, 7) is 5.46. The minimum atomic E-state index is -3.73. The number of benzene rings is 3. The molecule has 1 heterocycles. The summed E-state index contributed by atoms with van der Waals surface area (Å²) in [4.78, 5) is 15.6. The highest BCUT2D eigenvalue weighted by Gasteiger charge is 2.22. The predicted octanol–water partition coefficient (Wildman–Crippen LogP) is 4.74. The lowest BCUT2D eigenvalue weighted by Gasteiger charge is -2.27. The van der Waals surface area contributed by atoms with Crippen molar-refractivity contribution in [1.29, 1.82) is 0 Å². The standard InChI is InChI=1S/C28H33N3O3S/c1-22-13-15-27(16-14-22)35(33,34)30(2)26-12-8-11-23(19-26)28(32)29-20-24-9-4-5-10-25(24)21-31-17-6-3-7-18-31/h4-5,8-16,19H,3,6-7,17-18,20-21H2,1-2H3,(H,29,32). The third-order valence-electron chi connectivity index (χ3n) is 6.55. The molecule has 0 bridgehead atoms. The zero-order chi connectivity index (χ0) is 24.8. The van der Waals surface area contributed by atoms with Crippen molar-refractivity contribution in [2.45, 2.75) is 44.2 Å². The van der Waals surface area contributed by atoms with E-state index in [9.17, 15) is 13.2 Å². The number of nitrogens with one attached hydrogen (secondary N) is 1. The number of hydrogen-bond acceptors (Lipinski definition) is 4. The molecule has 1 amide bonds. The number of sulfonamides is 1. The van der Waals surface area contributed by atoms with Gasteiger partial charge in [-0.2, -0.15) is 0 Å². The highest BCUT2D eigenvalue weighted by Crippen LogP contribution is 2.23. The number of rotatable bonds is 8. The van der Waals surface area contributed by atoms with E-state index in [1.165, 1.54) is 36.2 Å². The van der Waals surface area contributed by atoms with Gasteiger partial charge in [0.05, 0.1) is 10.6 Å². The topological polar surface area (TPSA) is 69.7 Å². The van der Waals surface area contributed by atoms with Crippen LogP contribution < -0.4 is 9.62 Å². The molecule has 1 fully saturated rings. The average molecular weight is 492 g/mol. The van der Waals surface area contributed by atoms with Gasteiger partial charge in [-0.15, -0.1) is 0 Å². The molecule has 0 aliphatic carbocycles. The lowest BCUT2D eigenvalue weighted by Crippen LogP contribution is -2.30. The number of hydrogen-bond donors (Lipinski definition) is 1. The molecule has 1 aliphatic heterocycles. The zero-order valence-electron chi connectivity index (χ0n) is 20.4. The Balaban J connectivity index is 1.45. The van der Waals surface area contributed by atoms with Gasteiger partial charge in [-0.05, 0) is 74.3 Å². The largest absolute Gasteiger partial charge is 0.348 e. The second-order valence-electron chi connectivity index (χ2n) is 9.12. The Morgan fingerprint density at radius 3 is 2.31 bits per heavy atom. The molecule has 4 rings (SSSR count). The Labute approximate surface area is 208 Å². The molecule has 3 aromatic carbocycles. The lowest BCUT2D eigenvalue weighted by atomic mass is 10.0. The molecule has 0 spiro atoms. The molecule has 1 saturated heterocycles. The average Bonchev–Trinajstić information content (AvgIpc) is 2.88. The number of piperidine rings is 1. The van der Waals surface area contributed by atoms with Crippen molar-refractivity contribution < 1.29 is 13.2 Å². The van der Waals surface area contributed by atoms with Crippen LogP contribution in [0.1, 0.15) is 46.3 Å². The highest BCUT2D eigenvalue weighted by molar-refractivity contribution is 7.92. The van der Waals surface area contributed by atoms with Crippen molar-refractivity contribution >= 4 is 21.6 Å². The number of carbonyl (C=O) groups excluding carboxylic acids is 1. The van der Waals surface area contributed by atoms with Crippen LogP contribution in [0.5, 0.6) is 0 Å². The third kappa shape index (κ3) is 6.10. The Morgan fingerprint density at radius 2 is 1.60 bits per heavy atom. The molecular weight excluding hydrogens is 458 g/mol. The molecule has 0 saturated carbocycles. The van der Waals surface area contributed by atoms with Crippen LogP contribution in [0, 0.1) is 6.92 Å². The van der Waals surface area contributed by atoms with Gasteiger partial charge in [-0.1, -0.05) is 54.4 Å². The van der Waals surface area contributed by atoms with Gasteiger partial charge in [-0.3, -0.25) is 14.0 Å².